The number of likely N-dealkylation sites (N-methyl/N-ethyl adjacent to an activating group) is 1. The summed E-state index contributed by atoms with van der Waals surface area (Å²) in [4.78, 5) is 2.20. The van der Waals surface area contributed by atoms with Crippen LogP contribution in [0.15, 0.2) is 24.3 Å². The Bertz CT molecular complexity index is 436. The minimum absolute atomic E-state index is 0.129. The molecule has 0 aromatic heterocycles. The van der Waals surface area contributed by atoms with Crippen LogP contribution in [0.25, 0.3) is 0 Å². The van der Waals surface area contributed by atoms with Gasteiger partial charge in [-0.25, -0.2) is 0 Å². The summed E-state index contributed by atoms with van der Waals surface area (Å²) in [5.74, 6) is 0.837. The number of benzene rings is 1. The van der Waals surface area contributed by atoms with Gasteiger partial charge in [0.05, 0.1) is 17.7 Å². The number of aliphatic hydroxyl groups excluding tert-OH is 1. The smallest absolute Gasteiger partial charge is 0.120 e. The van der Waals surface area contributed by atoms with Crippen molar-refractivity contribution in [3.05, 3.63) is 29.8 Å². The normalized spacial score (nSPS) is 19.6. The van der Waals surface area contributed by atoms with Gasteiger partial charge in [-0.3, -0.25) is 0 Å². The zero-order valence-electron chi connectivity index (χ0n) is 13.1. The van der Waals surface area contributed by atoms with Gasteiger partial charge in [-0.15, -0.1) is 0 Å². The highest BCUT2D eigenvalue weighted by Gasteiger charge is 2.43. The summed E-state index contributed by atoms with van der Waals surface area (Å²) >= 11 is 0. The van der Waals surface area contributed by atoms with E-state index in [0.29, 0.717) is 0 Å². The Morgan fingerprint density at radius 1 is 1.20 bits per heavy atom. The fourth-order valence-electron chi connectivity index (χ4n) is 3.29. The molecule has 3 heteroatoms. The molecule has 1 aliphatic rings. The molecule has 0 spiro atoms. The lowest BCUT2D eigenvalue weighted by Gasteiger charge is -2.40. The van der Waals surface area contributed by atoms with Crippen LogP contribution in [0.4, 0.5) is 0 Å². The van der Waals surface area contributed by atoms with Crippen molar-refractivity contribution in [3.63, 3.8) is 0 Å². The molecule has 0 aliphatic heterocycles. The van der Waals surface area contributed by atoms with Crippen LogP contribution >= 0.6 is 0 Å². The topological polar surface area (TPSA) is 32.7 Å². The van der Waals surface area contributed by atoms with Gasteiger partial charge in [0, 0.05) is 0 Å². The molecule has 112 valence electrons. The third kappa shape index (κ3) is 2.99. The first-order valence-electron chi connectivity index (χ1n) is 7.58. The van der Waals surface area contributed by atoms with Gasteiger partial charge < -0.3 is 14.7 Å². The van der Waals surface area contributed by atoms with Gasteiger partial charge in [0.25, 0.3) is 0 Å². The molecule has 1 aromatic carbocycles. The number of hydrogen-bond donors (Lipinski definition) is 1. The molecule has 20 heavy (non-hydrogen) atoms. The summed E-state index contributed by atoms with van der Waals surface area (Å²) in [5.41, 5.74) is 0.829. The molecule has 2 rings (SSSR count). The number of nitrogens with zero attached hydrogens (tertiary/aromatic N) is 1. The van der Waals surface area contributed by atoms with Crippen LogP contribution in [0.5, 0.6) is 5.75 Å². The van der Waals surface area contributed by atoms with Gasteiger partial charge in [-0.05, 0) is 58.5 Å². The highest BCUT2D eigenvalue weighted by molar-refractivity contribution is 5.32. The zero-order chi connectivity index (χ0) is 14.8. The van der Waals surface area contributed by atoms with E-state index in [1.54, 1.807) is 0 Å². The van der Waals surface area contributed by atoms with Crippen molar-refractivity contribution in [1.29, 1.82) is 0 Å². The minimum Gasteiger partial charge on any atom is -0.491 e. The molecule has 0 radical (unpaired) electrons. The van der Waals surface area contributed by atoms with Crippen LogP contribution in [0.1, 0.15) is 51.2 Å². The molecule has 1 atom stereocenters. The molecule has 0 amide bonds. The minimum atomic E-state index is -0.462. The lowest BCUT2D eigenvalue weighted by Crippen LogP contribution is -2.47. The monoisotopic (exact) mass is 277 g/mol. The standard InChI is InChI=1S/C17H27NO2/c1-13(2)20-15-9-7-8-14(12-15)16(19)17(18(3)4)10-5-6-11-17/h7-9,12-13,16,19H,5-6,10-11H2,1-4H3. The maximum Gasteiger partial charge on any atom is 0.120 e. The molecule has 0 heterocycles. The fraction of sp³-hybridized carbons (Fsp3) is 0.647. The largest absolute Gasteiger partial charge is 0.491 e. The van der Waals surface area contributed by atoms with E-state index in [1.807, 2.05) is 38.1 Å². The van der Waals surface area contributed by atoms with Crippen LogP contribution in [-0.4, -0.2) is 35.7 Å². The van der Waals surface area contributed by atoms with Crippen LogP contribution < -0.4 is 4.74 Å². The van der Waals surface area contributed by atoms with Crippen LogP contribution in [-0.2, 0) is 0 Å². The van der Waals surface area contributed by atoms with Gasteiger partial charge in [0.15, 0.2) is 0 Å². The maximum atomic E-state index is 10.9. The summed E-state index contributed by atoms with van der Waals surface area (Å²) in [5, 5.41) is 10.9. The maximum absolute atomic E-state index is 10.9. The predicted molar refractivity (Wildman–Crippen MR) is 82.1 cm³/mol. The summed E-state index contributed by atoms with van der Waals surface area (Å²) in [6.07, 6.45) is 4.18. The second kappa shape index (κ2) is 6.15. The van der Waals surface area contributed by atoms with E-state index in [-0.39, 0.29) is 11.6 Å². The molecular weight excluding hydrogens is 250 g/mol. The molecule has 1 fully saturated rings. The molecule has 0 bridgehead atoms. The lowest BCUT2D eigenvalue weighted by molar-refractivity contribution is -0.00490. The zero-order valence-corrected chi connectivity index (χ0v) is 13.1. The average Bonchev–Trinajstić information content (AvgIpc) is 2.88. The van der Waals surface area contributed by atoms with Crippen molar-refractivity contribution in [2.24, 2.45) is 0 Å². The third-order valence-electron chi connectivity index (χ3n) is 4.41. The molecule has 1 unspecified atom stereocenters. The summed E-state index contributed by atoms with van der Waals surface area (Å²) < 4.78 is 5.74. The summed E-state index contributed by atoms with van der Waals surface area (Å²) in [6, 6.07) is 7.90. The Morgan fingerprint density at radius 3 is 2.40 bits per heavy atom. The lowest BCUT2D eigenvalue weighted by atomic mass is 9.84. The van der Waals surface area contributed by atoms with Gasteiger partial charge >= 0.3 is 0 Å². The second-order valence-corrected chi connectivity index (χ2v) is 6.35. The Morgan fingerprint density at radius 2 is 1.85 bits per heavy atom. The first kappa shape index (κ1) is 15.3. The Hall–Kier alpha value is -1.06. The van der Waals surface area contributed by atoms with Crippen LogP contribution in [0, 0.1) is 0 Å². The van der Waals surface area contributed by atoms with Crippen molar-refractivity contribution in [2.75, 3.05) is 14.1 Å². The van der Waals surface area contributed by atoms with E-state index in [0.717, 1.165) is 24.2 Å². The molecule has 0 saturated heterocycles. The highest BCUT2D eigenvalue weighted by atomic mass is 16.5. The van der Waals surface area contributed by atoms with Crippen molar-refractivity contribution < 1.29 is 9.84 Å². The highest BCUT2D eigenvalue weighted by Crippen LogP contribution is 2.43. The summed E-state index contributed by atoms with van der Waals surface area (Å²) in [7, 11) is 4.14. The van der Waals surface area contributed by atoms with Crippen LogP contribution in [0.3, 0.4) is 0 Å². The average molecular weight is 277 g/mol. The van der Waals surface area contributed by atoms with Crippen molar-refractivity contribution in [2.45, 2.75) is 57.3 Å². The van der Waals surface area contributed by atoms with E-state index < -0.39 is 6.10 Å². The van der Waals surface area contributed by atoms with Crippen molar-refractivity contribution in [3.8, 4) is 5.75 Å². The van der Waals surface area contributed by atoms with Gasteiger partial charge in [0.1, 0.15) is 5.75 Å². The van der Waals surface area contributed by atoms with Gasteiger partial charge in [0.2, 0.25) is 0 Å². The Kier molecular flexibility index (Phi) is 4.71. The first-order chi connectivity index (χ1) is 9.45. The van der Waals surface area contributed by atoms with Gasteiger partial charge in [-0.1, -0.05) is 25.0 Å². The predicted octanol–water partition coefficient (Wildman–Crippen LogP) is 3.38. The number of rotatable bonds is 5. The van der Waals surface area contributed by atoms with E-state index >= 15 is 0 Å². The van der Waals surface area contributed by atoms with E-state index in [1.165, 1.54) is 12.8 Å². The van der Waals surface area contributed by atoms with E-state index in [4.69, 9.17) is 4.74 Å². The van der Waals surface area contributed by atoms with Crippen molar-refractivity contribution in [1.82, 2.24) is 4.90 Å². The molecule has 1 aromatic rings. The number of ether oxygens (including phenoxy) is 1. The van der Waals surface area contributed by atoms with E-state index in [2.05, 4.69) is 19.0 Å². The third-order valence-corrected chi connectivity index (χ3v) is 4.41. The summed E-state index contributed by atoms with van der Waals surface area (Å²) in [6.45, 7) is 4.03. The Labute approximate surface area is 122 Å². The first-order valence-corrected chi connectivity index (χ1v) is 7.58. The quantitative estimate of drug-likeness (QED) is 0.895. The molecule has 3 nitrogen and oxygen atoms in total. The molecular formula is C17H27NO2. The second-order valence-electron chi connectivity index (χ2n) is 6.35. The number of aliphatic hydroxyl groups is 1. The fourth-order valence-corrected chi connectivity index (χ4v) is 3.29. The van der Waals surface area contributed by atoms with Gasteiger partial charge in [-0.2, -0.15) is 0 Å². The Balaban J connectivity index is 2.25. The van der Waals surface area contributed by atoms with E-state index in [9.17, 15) is 5.11 Å². The molecule has 1 saturated carbocycles. The SMILES string of the molecule is CC(C)Oc1cccc(C(O)C2(N(C)C)CCCC2)c1. The number of hydrogen-bond acceptors (Lipinski definition) is 3. The van der Waals surface area contributed by atoms with Crippen molar-refractivity contribution >= 4 is 0 Å². The van der Waals surface area contributed by atoms with Crippen LogP contribution in [0.2, 0.25) is 0 Å². The molecule has 1 aliphatic carbocycles. The molecule has 1 N–H and O–H groups in total.